The summed E-state index contributed by atoms with van der Waals surface area (Å²) >= 11 is 0. The van der Waals surface area contributed by atoms with Gasteiger partial charge in [0.1, 0.15) is 5.60 Å². The van der Waals surface area contributed by atoms with Crippen LogP contribution in [0.4, 0.5) is 4.79 Å². The fraction of sp³-hybridized carbons (Fsp3) is 0.471. The van der Waals surface area contributed by atoms with Crippen LogP contribution in [0.2, 0.25) is 0 Å². The van der Waals surface area contributed by atoms with Crippen LogP contribution in [0.15, 0.2) is 30.3 Å². The van der Waals surface area contributed by atoms with Gasteiger partial charge in [0, 0.05) is 24.7 Å². The standard InChI is InChI=1S/C17H22N2O2/c1-17(2,3)21-16(20)19-11-14(15(18)12-19)10-9-13-7-5-4-6-8-13/h4-8,14-15H,11-12,18H2,1-3H3. The van der Waals surface area contributed by atoms with Gasteiger partial charge < -0.3 is 15.4 Å². The van der Waals surface area contributed by atoms with Crippen LogP contribution < -0.4 is 5.73 Å². The molecule has 0 aliphatic carbocycles. The molecule has 4 heteroatoms. The molecule has 1 aliphatic heterocycles. The molecule has 2 rings (SSSR count). The van der Waals surface area contributed by atoms with Crippen LogP contribution in [0, 0.1) is 17.8 Å². The molecule has 4 nitrogen and oxygen atoms in total. The highest BCUT2D eigenvalue weighted by molar-refractivity contribution is 5.68. The van der Waals surface area contributed by atoms with Crippen LogP contribution in [0.25, 0.3) is 0 Å². The first kappa shape index (κ1) is 15.4. The van der Waals surface area contributed by atoms with Gasteiger partial charge in [-0.25, -0.2) is 4.79 Å². The van der Waals surface area contributed by atoms with E-state index in [0.717, 1.165) is 5.56 Å². The SMILES string of the molecule is CC(C)(C)OC(=O)N1CC(N)C(C#Cc2ccccc2)C1. The van der Waals surface area contributed by atoms with Crippen molar-refractivity contribution in [2.75, 3.05) is 13.1 Å². The number of carbonyl (C=O) groups excluding carboxylic acids is 1. The molecule has 1 aromatic rings. The number of ether oxygens (including phenoxy) is 1. The van der Waals surface area contributed by atoms with Crippen molar-refractivity contribution in [2.45, 2.75) is 32.4 Å². The smallest absolute Gasteiger partial charge is 0.410 e. The average molecular weight is 286 g/mol. The summed E-state index contributed by atoms with van der Waals surface area (Å²) in [4.78, 5) is 13.7. The first-order valence-electron chi connectivity index (χ1n) is 7.15. The second kappa shape index (κ2) is 6.19. The Labute approximate surface area is 126 Å². The second-order valence-electron chi connectivity index (χ2n) is 6.29. The van der Waals surface area contributed by atoms with Crippen molar-refractivity contribution in [1.82, 2.24) is 4.90 Å². The van der Waals surface area contributed by atoms with E-state index in [9.17, 15) is 4.79 Å². The highest BCUT2D eigenvalue weighted by Gasteiger charge is 2.34. The van der Waals surface area contributed by atoms with E-state index in [1.54, 1.807) is 4.90 Å². The summed E-state index contributed by atoms with van der Waals surface area (Å²) in [6, 6.07) is 9.64. The summed E-state index contributed by atoms with van der Waals surface area (Å²) in [6.07, 6.45) is -0.318. The highest BCUT2D eigenvalue weighted by atomic mass is 16.6. The van der Waals surface area contributed by atoms with Crippen molar-refractivity contribution < 1.29 is 9.53 Å². The summed E-state index contributed by atoms with van der Waals surface area (Å²) in [5, 5.41) is 0. The van der Waals surface area contributed by atoms with Crippen molar-refractivity contribution >= 4 is 6.09 Å². The van der Waals surface area contributed by atoms with Gasteiger partial charge >= 0.3 is 6.09 Å². The van der Waals surface area contributed by atoms with E-state index in [-0.39, 0.29) is 18.1 Å². The van der Waals surface area contributed by atoms with E-state index >= 15 is 0 Å². The highest BCUT2D eigenvalue weighted by Crippen LogP contribution is 2.18. The van der Waals surface area contributed by atoms with Crippen LogP contribution in [-0.2, 0) is 4.74 Å². The van der Waals surface area contributed by atoms with Crippen molar-refractivity contribution in [3.05, 3.63) is 35.9 Å². The van der Waals surface area contributed by atoms with Crippen LogP contribution in [0.1, 0.15) is 26.3 Å². The third kappa shape index (κ3) is 4.51. The number of hydrogen-bond donors (Lipinski definition) is 1. The second-order valence-corrected chi connectivity index (χ2v) is 6.29. The molecule has 21 heavy (non-hydrogen) atoms. The Kier molecular flexibility index (Phi) is 4.54. The number of benzene rings is 1. The van der Waals surface area contributed by atoms with Crippen molar-refractivity contribution in [3.63, 3.8) is 0 Å². The molecule has 1 amide bonds. The lowest BCUT2D eigenvalue weighted by Crippen LogP contribution is -2.36. The average Bonchev–Trinajstić information content (AvgIpc) is 2.77. The molecule has 1 aliphatic rings. The van der Waals surface area contributed by atoms with Gasteiger partial charge in [-0.05, 0) is 32.9 Å². The third-order valence-electron chi connectivity index (χ3n) is 3.19. The maximum Gasteiger partial charge on any atom is 0.410 e. The zero-order chi connectivity index (χ0) is 15.5. The van der Waals surface area contributed by atoms with Crippen molar-refractivity contribution in [2.24, 2.45) is 11.7 Å². The van der Waals surface area contributed by atoms with Crippen LogP contribution >= 0.6 is 0 Å². The summed E-state index contributed by atoms with van der Waals surface area (Å²) in [7, 11) is 0. The number of carbonyl (C=O) groups is 1. The largest absolute Gasteiger partial charge is 0.444 e. The topological polar surface area (TPSA) is 55.6 Å². The lowest BCUT2D eigenvalue weighted by Gasteiger charge is -2.24. The molecule has 1 saturated heterocycles. The van der Waals surface area contributed by atoms with Gasteiger partial charge in [0.2, 0.25) is 0 Å². The molecule has 0 saturated carbocycles. The van der Waals surface area contributed by atoms with Crippen LogP contribution in [0.3, 0.4) is 0 Å². The molecule has 1 heterocycles. The predicted molar refractivity (Wildman–Crippen MR) is 82.6 cm³/mol. The number of rotatable bonds is 0. The van der Waals surface area contributed by atoms with Gasteiger partial charge in [-0.15, -0.1) is 0 Å². The van der Waals surface area contributed by atoms with Crippen LogP contribution in [0.5, 0.6) is 0 Å². The number of amides is 1. The van der Waals surface area contributed by atoms with E-state index in [1.165, 1.54) is 0 Å². The fourth-order valence-corrected chi connectivity index (χ4v) is 2.15. The fourth-order valence-electron chi connectivity index (χ4n) is 2.15. The van der Waals surface area contributed by atoms with Gasteiger partial charge in [-0.1, -0.05) is 30.0 Å². The lowest BCUT2D eigenvalue weighted by atomic mass is 10.1. The van der Waals surface area contributed by atoms with E-state index in [0.29, 0.717) is 13.1 Å². The molecule has 1 aromatic carbocycles. The Balaban J connectivity index is 1.99. The van der Waals surface area contributed by atoms with Gasteiger partial charge in [0.25, 0.3) is 0 Å². The quantitative estimate of drug-likeness (QED) is 0.744. The maximum absolute atomic E-state index is 12.0. The molecule has 0 bridgehead atoms. The minimum atomic E-state index is -0.491. The zero-order valence-electron chi connectivity index (χ0n) is 12.8. The Morgan fingerprint density at radius 3 is 2.57 bits per heavy atom. The predicted octanol–water partition coefficient (Wildman–Crippen LogP) is 2.23. The zero-order valence-corrected chi connectivity index (χ0v) is 12.8. The summed E-state index contributed by atoms with van der Waals surface area (Å²) in [5.74, 6) is 6.27. The van der Waals surface area contributed by atoms with Crippen molar-refractivity contribution in [1.29, 1.82) is 0 Å². The van der Waals surface area contributed by atoms with Gasteiger partial charge in [-0.3, -0.25) is 0 Å². The molecule has 112 valence electrons. The number of hydrogen-bond acceptors (Lipinski definition) is 3. The van der Waals surface area contributed by atoms with E-state index in [4.69, 9.17) is 10.5 Å². The molecule has 2 atom stereocenters. The summed E-state index contributed by atoms with van der Waals surface area (Å²) in [6.45, 7) is 6.58. The first-order chi connectivity index (χ1) is 9.85. The van der Waals surface area contributed by atoms with Crippen molar-refractivity contribution in [3.8, 4) is 11.8 Å². The first-order valence-corrected chi connectivity index (χ1v) is 7.15. The minimum Gasteiger partial charge on any atom is -0.444 e. The Morgan fingerprint density at radius 2 is 1.95 bits per heavy atom. The molecule has 2 unspecified atom stereocenters. The monoisotopic (exact) mass is 286 g/mol. The molecular formula is C17H22N2O2. The van der Waals surface area contributed by atoms with Crippen LogP contribution in [-0.4, -0.2) is 35.7 Å². The summed E-state index contributed by atoms with van der Waals surface area (Å²) in [5.41, 5.74) is 6.55. The maximum atomic E-state index is 12.0. The molecular weight excluding hydrogens is 264 g/mol. The third-order valence-corrected chi connectivity index (χ3v) is 3.19. The van der Waals surface area contributed by atoms with E-state index in [2.05, 4.69) is 11.8 Å². The molecule has 1 fully saturated rings. The Morgan fingerprint density at radius 1 is 1.29 bits per heavy atom. The number of nitrogens with zero attached hydrogens (tertiary/aromatic N) is 1. The van der Waals surface area contributed by atoms with Gasteiger partial charge in [0.15, 0.2) is 0 Å². The molecule has 2 N–H and O–H groups in total. The molecule has 0 radical (unpaired) electrons. The number of likely N-dealkylation sites (tertiary alicyclic amines) is 1. The summed E-state index contributed by atoms with van der Waals surface area (Å²) < 4.78 is 5.36. The Hall–Kier alpha value is -1.99. The molecule has 0 spiro atoms. The van der Waals surface area contributed by atoms with E-state index < -0.39 is 5.60 Å². The van der Waals surface area contributed by atoms with Gasteiger partial charge in [-0.2, -0.15) is 0 Å². The normalized spacial score (nSPS) is 21.6. The molecule has 0 aromatic heterocycles. The van der Waals surface area contributed by atoms with E-state index in [1.807, 2.05) is 51.1 Å². The van der Waals surface area contributed by atoms with Gasteiger partial charge in [0.05, 0.1) is 5.92 Å². The number of nitrogens with two attached hydrogens (primary N) is 1. The lowest BCUT2D eigenvalue weighted by molar-refractivity contribution is 0.0289. The minimum absolute atomic E-state index is 0.0160. The Bertz CT molecular complexity index is 552.